The quantitative estimate of drug-likeness (QED) is 0.764. The number of ether oxygens (including phenoxy) is 2. The molecule has 2 aromatic rings. The van der Waals surface area contributed by atoms with Crippen molar-refractivity contribution in [3.63, 3.8) is 0 Å². The van der Waals surface area contributed by atoms with Gasteiger partial charge in [-0.15, -0.1) is 0 Å². The molecule has 0 saturated heterocycles. The zero-order valence-electron chi connectivity index (χ0n) is 16.2. The Labute approximate surface area is 163 Å². The van der Waals surface area contributed by atoms with Gasteiger partial charge in [-0.1, -0.05) is 6.07 Å². The Kier molecular flexibility index (Phi) is 6.97. The third kappa shape index (κ3) is 5.47. The summed E-state index contributed by atoms with van der Waals surface area (Å²) in [5.41, 5.74) is 1.58. The number of amides is 3. The highest BCUT2D eigenvalue weighted by Gasteiger charge is 2.18. The van der Waals surface area contributed by atoms with E-state index in [1.807, 2.05) is 0 Å². The van der Waals surface area contributed by atoms with Crippen molar-refractivity contribution in [1.29, 1.82) is 0 Å². The summed E-state index contributed by atoms with van der Waals surface area (Å²) in [6.07, 6.45) is 0. The lowest BCUT2D eigenvalue weighted by Crippen LogP contribution is -2.36. The Morgan fingerprint density at radius 1 is 0.893 bits per heavy atom. The molecule has 0 aliphatic carbocycles. The van der Waals surface area contributed by atoms with Crippen molar-refractivity contribution < 1.29 is 23.9 Å². The number of hydrogen-bond acceptors (Lipinski definition) is 5. The van der Waals surface area contributed by atoms with Crippen LogP contribution in [0.4, 0.5) is 17.1 Å². The Hall–Kier alpha value is -3.55. The number of anilines is 3. The summed E-state index contributed by atoms with van der Waals surface area (Å²) in [5.74, 6) is 0.0858. The van der Waals surface area contributed by atoms with Gasteiger partial charge in [-0.05, 0) is 30.3 Å². The molecule has 28 heavy (non-hydrogen) atoms. The highest BCUT2D eigenvalue weighted by molar-refractivity contribution is 6.02. The molecule has 2 rings (SSSR count). The first-order valence-corrected chi connectivity index (χ1v) is 8.51. The van der Waals surface area contributed by atoms with E-state index in [2.05, 4.69) is 10.6 Å². The normalized spacial score (nSPS) is 10.0. The molecule has 0 aliphatic heterocycles. The Morgan fingerprint density at radius 3 is 2.11 bits per heavy atom. The molecule has 0 atom stereocenters. The second-order valence-electron chi connectivity index (χ2n) is 5.95. The number of hydrogen-bond donors (Lipinski definition) is 2. The van der Waals surface area contributed by atoms with Crippen LogP contribution >= 0.6 is 0 Å². The number of benzene rings is 2. The highest BCUT2D eigenvalue weighted by atomic mass is 16.5. The molecular weight excluding hydrogens is 362 g/mol. The largest absolute Gasteiger partial charge is 0.493 e. The van der Waals surface area contributed by atoms with E-state index in [1.165, 1.54) is 33.0 Å². The molecule has 0 unspecified atom stereocenters. The van der Waals surface area contributed by atoms with Crippen molar-refractivity contribution in [2.24, 2.45) is 0 Å². The standard InChI is InChI=1S/C20H23N3O5/c1-13(24)21-15-6-5-7-16(10-15)22-20(26)12-23(14(2)25)17-8-9-18(27-3)19(11-17)28-4/h5-11H,12H2,1-4H3,(H,21,24)(H,22,26). The van der Waals surface area contributed by atoms with Crippen LogP contribution in [0.3, 0.4) is 0 Å². The third-order valence-electron chi connectivity index (χ3n) is 3.83. The molecule has 0 heterocycles. The van der Waals surface area contributed by atoms with Gasteiger partial charge in [0.25, 0.3) is 0 Å². The first kappa shape index (κ1) is 20.8. The second-order valence-corrected chi connectivity index (χ2v) is 5.95. The summed E-state index contributed by atoms with van der Waals surface area (Å²) in [6, 6.07) is 11.7. The third-order valence-corrected chi connectivity index (χ3v) is 3.83. The Balaban J connectivity index is 2.15. The van der Waals surface area contributed by atoms with Crippen molar-refractivity contribution in [3.05, 3.63) is 42.5 Å². The number of rotatable bonds is 7. The number of carbonyl (C=O) groups is 3. The molecule has 3 amide bonds. The minimum atomic E-state index is -0.384. The van der Waals surface area contributed by atoms with E-state index < -0.39 is 0 Å². The molecule has 0 spiro atoms. The van der Waals surface area contributed by atoms with E-state index in [-0.39, 0.29) is 24.3 Å². The first-order valence-electron chi connectivity index (χ1n) is 8.51. The van der Waals surface area contributed by atoms with Crippen LogP contribution in [0.1, 0.15) is 13.8 Å². The first-order chi connectivity index (χ1) is 13.3. The fourth-order valence-corrected chi connectivity index (χ4v) is 2.60. The summed E-state index contributed by atoms with van der Waals surface area (Å²) in [4.78, 5) is 37.0. The zero-order chi connectivity index (χ0) is 20.7. The van der Waals surface area contributed by atoms with E-state index in [0.717, 1.165) is 0 Å². The van der Waals surface area contributed by atoms with Crippen molar-refractivity contribution in [3.8, 4) is 11.5 Å². The molecule has 0 radical (unpaired) electrons. The molecule has 2 aromatic carbocycles. The fraction of sp³-hybridized carbons (Fsp3) is 0.250. The monoisotopic (exact) mass is 385 g/mol. The lowest BCUT2D eigenvalue weighted by molar-refractivity contribution is -0.120. The van der Waals surface area contributed by atoms with Crippen LogP contribution in [0, 0.1) is 0 Å². The topological polar surface area (TPSA) is 97.0 Å². The summed E-state index contributed by atoms with van der Waals surface area (Å²) in [5, 5.41) is 5.37. The molecule has 0 saturated carbocycles. The molecular formula is C20H23N3O5. The smallest absolute Gasteiger partial charge is 0.244 e. The van der Waals surface area contributed by atoms with Crippen LogP contribution in [-0.2, 0) is 14.4 Å². The van der Waals surface area contributed by atoms with Crippen LogP contribution in [0.15, 0.2) is 42.5 Å². The number of carbonyl (C=O) groups excluding carboxylic acids is 3. The van der Waals surface area contributed by atoms with Gasteiger partial charge in [-0.25, -0.2) is 0 Å². The van der Waals surface area contributed by atoms with Crippen LogP contribution in [-0.4, -0.2) is 38.5 Å². The summed E-state index contributed by atoms with van der Waals surface area (Å²) in [7, 11) is 3.01. The van der Waals surface area contributed by atoms with Gasteiger partial charge in [0, 0.05) is 37.0 Å². The van der Waals surface area contributed by atoms with Gasteiger partial charge in [-0.3, -0.25) is 14.4 Å². The van der Waals surface area contributed by atoms with Gasteiger partial charge in [0.1, 0.15) is 6.54 Å². The zero-order valence-corrected chi connectivity index (χ0v) is 16.2. The molecule has 0 fully saturated rings. The Bertz CT molecular complexity index is 882. The summed E-state index contributed by atoms with van der Waals surface area (Å²) in [6.45, 7) is 2.59. The maximum atomic E-state index is 12.5. The van der Waals surface area contributed by atoms with E-state index in [1.54, 1.807) is 42.5 Å². The molecule has 0 aliphatic rings. The van der Waals surface area contributed by atoms with E-state index in [0.29, 0.717) is 28.6 Å². The van der Waals surface area contributed by atoms with Crippen molar-refractivity contribution in [2.75, 3.05) is 36.3 Å². The fourth-order valence-electron chi connectivity index (χ4n) is 2.60. The highest BCUT2D eigenvalue weighted by Crippen LogP contribution is 2.31. The number of nitrogens with one attached hydrogen (secondary N) is 2. The molecule has 8 nitrogen and oxygen atoms in total. The lowest BCUT2D eigenvalue weighted by atomic mass is 10.2. The van der Waals surface area contributed by atoms with E-state index in [9.17, 15) is 14.4 Å². The van der Waals surface area contributed by atoms with Crippen LogP contribution in [0.2, 0.25) is 0 Å². The average molecular weight is 385 g/mol. The predicted octanol–water partition coefficient (Wildman–Crippen LogP) is 2.65. The minimum absolute atomic E-state index is 0.185. The van der Waals surface area contributed by atoms with Gasteiger partial charge in [-0.2, -0.15) is 0 Å². The molecule has 0 aromatic heterocycles. The average Bonchev–Trinajstić information content (AvgIpc) is 2.65. The van der Waals surface area contributed by atoms with Crippen LogP contribution in [0.25, 0.3) is 0 Å². The SMILES string of the molecule is COc1ccc(N(CC(=O)Nc2cccc(NC(C)=O)c2)C(C)=O)cc1OC. The van der Waals surface area contributed by atoms with Crippen LogP contribution in [0.5, 0.6) is 11.5 Å². The molecule has 2 N–H and O–H groups in total. The van der Waals surface area contributed by atoms with Gasteiger partial charge in [0.15, 0.2) is 11.5 Å². The number of nitrogens with zero attached hydrogens (tertiary/aromatic N) is 1. The van der Waals surface area contributed by atoms with Crippen LogP contribution < -0.4 is 25.0 Å². The predicted molar refractivity (Wildman–Crippen MR) is 107 cm³/mol. The van der Waals surface area contributed by atoms with E-state index >= 15 is 0 Å². The minimum Gasteiger partial charge on any atom is -0.493 e. The summed E-state index contributed by atoms with van der Waals surface area (Å²) >= 11 is 0. The second kappa shape index (κ2) is 9.40. The van der Waals surface area contributed by atoms with Gasteiger partial charge < -0.3 is 25.0 Å². The molecule has 0 bridgehead atoms. The van der Waals surface area contributed by atoms with E-state index in [4.69, 9.17) is 9.47 Å². The van der Waals surface area contributed by atoms with Crippen molar-refractivity contribution in [2.45, 2.75) is 13.8 Å². The lowest BCUT2D eigenvalue weighted by Gasteiger charge is -2.22. The number of methoxy groups -OCH3 is 2. The van der Waals surface area contributed by atoms with Crippen molar-refractivity contribution in [1.82, 2.24) is 0 Å². The molecule has 8 heteroatoms. The van der Waals surface area contributed by atoms with Gasteiger partial charge in [0.05, 0.1) is 14.2 Å². The van der Waals surface area contributed by atoms with Crippen molar-refractivity contribution >= 4 is 34.8 Å². The molecule has 148 valence electrons. The maximum Gasteiger partial charge on any atom is 0.244 e. The van der Waals surface area contributed by atoms with Gasteiger partial charge >= 0.3 is 0 Å². The van der Waals surface area contributed by atoms with Gasteiger partial charge in [0.2, 0.25) is 17.7 Å². The maximum absolute atomic E-state index is 12.5. The Morgan fingerprint density at radius 2 is 1.54 bits per heavy atom. The summed E-state index contributed by atoms with van der Waals surface area (Å²) < 4.78 is 10.4.